The Kier molecular flexibility index (Phi) is 4.28. The molecular weight excluding hydrogens is 256 g/mol. The van der Waals surface area contributed by atoms with Gasteiger partial charge in [0.05, 0.1) is 6.42 Å². The number of carbonyl (C=O) groups is 1. The van der Waals surface area contributed by atoms with E-state index >= 15 is 0 Å². The Hall–Kier alpha value is -1.23. The van der Waals surface area contributed by atoms with Crippen LogP contribution >= 0.6 is 0 Å². The predicted molar refractivity (Wildman–Crippen MR) is 74.2 cm³/mol. The van der Waals surface area contributed by atoms with Crippen molar-refractivity contribution >= 4 is 5.78 Å². The lowest BCUT2D eigenvalue weighted by Gasteiger charge is -2.32. The summed E-state index contributed by atoms with van der Waals surface area (Å²) < 4.78 is 10.9. The van der Waals surface area contributed by atoms with Gasteiger partial charge in [-0.3, -0.25) is 4.79 Å². The molecule has 20 heavy (non-hydrogen) atoms. The van der Waals surface area contributed by atoms with Gasteiger partial charge in [-0.1, -0.05) is 45.2 Å². The highest BCUT2D eigenvalue weighted by Gasteiger charge is 2.38. The quantitative estimate of drug-likeness (QED) is 0.848. The van der Waals surface area contributed by atoms with E-state index in [1.165, 1.54) is 6.42 Å². The van der Waals surface area contributed by atoms with Gasteiger partial charge in [0, 0.05) is 12.5 Å². The van der Waals surface area contributed by atoms with Crippen LogP contribution in [0.5, 0.6) is 0 Å². The number of rotatable bonds is 4. The van der Waals surface area contributed by atoms with E-state index < -0.39 is 11.0 Å². The molecule has 0 bridgehead atoms. The maximum Gasteiger partial charge on any atom is 0.234 e. The highest BCUT2D eigenvalue weighted by Crippen LogP contribution is 2.38. The third-order valence-corrected chi connectivity index (χ3v) is 4.08. The zero-order valence-corrected chi connectivity index (χ0v) is 12.9. The summed E-state index contributed by atoms with van der Waals surface area (Å²) in [5.74, 6) is 1.08. The molecule has 2 rings (SSSR count). The Morgan fingerprint density at radius 3 is 2.50 bits per heavy atom. The molecule has 5 heteroatoms. The lowest BCUT2D eigenvalue weighted by atomic mass is 9.84. The molecule has 1 aliphatic carbocycles. The number of aromatic nitrogens is 2. The Morgan fingerprint density at radius 1 is 1.30 bits per heavy atom. The first-order chi connectivity index (χ1) is 9.37. The molecule has 1 saturated carbocycles. The van der Waals surface area contributed by atoms with Crippen LogP contribution in [0.1, 0.15) is 64.6 Å². The molecule has 0 saturated heterocycles. The van der Waals surface area contributed by atoms with Crippen molar-refractivity contribution in [3.63, 3.8) is 0 Å². The molecule has 1 heterocycles. The van der Waals surface area contributed by atoms with Crippen molar-refractivity contribution in [3.8, 4) is 0 Å². The summed E-state index contributed by atoms with van der Waals surface area (Å²) in [6.07, 6.45) is 5.46. The second-order valence-corrected chi connectivity index (χ2v) is 6.62. The molecule has 5 nitrogen and oxygen atoms in total. The van der Waals surface area contributed by atoms with Crippen molar-refractivity contribution in [1.82, 2.24) is 10.1 Å². The maximum absolute atomic E-state index is 12.0. The number of ether oxygens (including phenoxy) is 1. The normalized spacial score (nSPS) is 19.0. The lowest BCUT2D eigenvalue weighted by Crippen LogP contribution is -2.32. The maximum atomic E-state index is 12.0. The van der Waals surface area contributed by atoms with Gasteiger partial charge in [0.2, 0.25) is 11.7 Å². The fourth-order valence-corrected chi connectivity index (χ4v) is 2.56. The molecule has 0 N–H and O–H groups in total. The first kappa shape index (κ1) is 15.2. The summed E-state index contributed by atoms with van der Waals surface area (Å²) in [5.41, 5.74) is -0.816. The number of carbonyl (C=O) groups excluding carboxylic acids is 1. The molecule has 1 fully saturated rings. The van der Waals surface area contributed by atoms with Crippen LogP contribution in [0.2, 0.25) is 0 Å². The van der Waals surface area contributed by atoms with Crippen LogP contribution in [0.4, 0.5) is 0 Å². The summed E-state index contributed by atoms with van der Waals surface area (Å²) >= 11 is 0. The number of Topliss-reactive ketones (excluding diaryl/α,β-unsaturated/α-hetero) is 1. The number of ketones is 1. The molecule has 0 aliphatic heterocycles. The number of hydrogen-bond donors (Lipinski definition) is 0. The fourth-order valence-electron chi connectivity index (χ4n) is 2.56. The van der Waals surface area contributed by atoms with Gasteiger partial charge in [-0.15, -0.1) is 0 Å². The Bertz CT molecular complexity index is 468. The summed E-state index contributed by atoms with van der Waals surface area (Å²) in [5, 5.41) is 4.05. The molecular formula is C15H24N2O3. The minimum Gasteiger partial charge on any atom is -0.370 e. The molecule has 0 unspecified atom stereocenters. The molecule has 0 spiro atoms. The first-order valence-corrected chi connectivity index (χ1v) is 7.29. The van der Waals surface area contributed by atoms with Crippen LogP contribution in [0, 0.1) is 5.41 Å². The minimum atomic E-state index is -0.426. The van der Waals surface area contributed by atoms with Crippen molar-refractivity contribution in [1.29, 1.82) is 0 Å². The summed E-state index contributed by atoms with van der Waals surface area (Å²) in [4.78, 5) is 16.4. The number of hydrogen-bond acceptors (Lipinski definition) is 5. The summed E-state index contributed by atoms with van der Waals surface area (Å²) in [6, 6.07) is 0. The van der Waals surface area contributed by atoms with E-state index in [9.17, 15) is 4.79 Å². The van der Waals surface area contributed by atoms with Crippen LogP contribution in [0.25, 0.3) is 0 Å². The zero-order chi connectivity index (χ0) is 14.8. The lowest BCUT2D eigenvalue weighted by molar-refractivity contribution is -0.125. The van der Waals surface area contributed by atoms with E-state index in [0.717, 1.165) is 25.7 Å². The van der Waals surface area contributed by atoms with Gasteiger partial charge >= 0.3 is 0 Å². The van der Waals surface area contributed by atoms with E-state index in [0.29, 0.717) is 11.7 Å². The van der Waals surface area contributed by atoms with Crippen LogP contribution < -0.4 is 0 Å². The number of methoxy groups -OCH3 is 1. The van der Waals surface area contributed by atoms with E-state index in [1.54, 1.807) is 7.11 Å². The molecule has 0 atom stereocenters. The van der Waals surface area contributed by atoms with Gasteiger partial charge in [-0.2, -0.15) is 4.98 Å². The van der Waals surface area contributed by atoms with Crippen molar-refractivity contribution in [2.24, 2.45) is 5.41 Å². The standard InChI is InChI=1S/C15H24N2O3/c1-14(2,3)11(18)10-12-16-13(17-20-12)15(19-4)8-6-5-7-9-15/h5-10H2,1-4H3. The molecule has 0 amide bonds. The van der Waals surface area contributed by atoms with E-state index in [2.05, 4.69) is 10.1 Å². The monoisotopic (exact) mass is 280 g/mol. The van der Waals surface area contributed by atoms with Gasteiger partial charge in [0.15, 0.2) is 0 Å². The number of nitrogens with zero attached hydrogens (tertiary/aromatic N) is 2. The van der Waals surface area contributed by atoms with Gasteiger partial charge in [-0.05, 0) is 12.8 Å². The summed E-state index contributed by atoms with van der Waals surface area (Å²) in [7, 11) is 1.70. The molecule has 1 aromatic rings. The van der Waals surface area contributed by atoms with Crippen LogP contribution in [0.3, 0.4) is 0 Å². The van der Waals surface area contributed by atoms with Gasteiger partial charge in [0.25, 0.3) is 0 Å². The van der Waals surface area contributed by atoms with Crippen LogP contribution in [-0.2, 0) is 21.6 Å². The topological polar surface area (TPSA) is 65.2 Å². The Morgan fingerprint density at radius 2 is 1.95 bits per heavy atom. The predicted octanol–water partition coefficient (Wildman–Crippen LogP) is 3.03. The van der Waals surface area contributed by atoms with Crippen molar-refractivity contribution < 1.29 is 14.1 Å². The third kappa shape index (κ3) is 3.08. The average Bonchev–Trinajstić information content (AvgIpc) is 2.87. The second-order valence-electron chi connectivity index (χ2n) is 6.62. The van der Waals surface area contributed by atoms with Crippen molar-refractivity contribution in [2.75, 3.05) is 7.11 Å². The first-order valence-electron chi connectivity index (χ1n) is 7.29. The van der Waals surface area contributed by atoms with Crippen molar-refractivity contribution in [2.45, 2.75) is 64.9 Å². The Labute approximate surface area is 120 Å². The highest BCUT2D eigenvalue weighted by atomic mass is 16.5. The zero-order valence-electron chi connectivity index (χ0n) is 12.9. The SMILES string of the molecule is COC1(c2noc(CC(=O)C(C)(C)C)n2)CCCCC1. The van der Waals surface area contributed by atoms with E-state index in [-0.39, 0.29) is 12.2 Å². The van der Waals surface area contributed by atoms with Crippen molar-refractivity contribution in [3.05, 3.63) is 11.7 Å². The fraction of sp³-hybridized carbons (Fsp3) is 0.800. The molecule has 0 radical (unpaired) electrons. The Balaban J connectivity index is 2.14. The molecule has 112 valence electrons. The molecule has 1 aliphatic rings. The minimum absolute atomic E-state index is 0.0998. The van der Waals surface area contributed by atoms with Crippen LogP contribution in [-0.4, -0.2) is 23.0 Å². The average molecular weight is 280 g/mol. The molecule has 1 aromatic heterocycles. The molecule has 0 aromatic carbocycles. The highest BCUT2D eigenvalue weighted by molar-refractivity contribution is 5.84. The van der Waals surface area contributed by atoms with Gasteiger partial charge in [0.1, 0.15) is 11.4 Å². The van der Waals surface area contributed by atoms with Gasteiger partial charge in [-0.25, -0.2) is 0 Å². The van der Waals surface area contributed by atoms with E-state index in [4.69, 9.17) is 9.26 Å². The largest absolute Gasteiger partial charge is 0.370 e. The summed E-state index contributed by atoms with van der Waals surface area (Å²) in [6.45, 7) is 5.68. The van der Waals surface area contributed by atoms with Crippen LogP contribution in [0.15, 0.2) is 4.52 Å². The van der Waals surface area contributed by atoms with E-state index in [1.807, 2.05) is 20.8 Å². The van der Waals surface area contributed by atoms with Gasteiger partial charge < -0.3 is 9.26 Å². The third-order valence-electron chi connectivity index (χ3n) is 4.08. The smallest absolute Gasteiger partial charge is 0.234 e. The second kappa shape index (κ2) is 5.64.